The summed E-state index contributed by atoms with van der Waals surface area (Å²) in [6.45, 7) is 5.11. The molecular weight excluding hydrogens is 288 g/mol. The second kappa shape index (κ2) is 8.34. The van der Waals surface area contributed by atoms with Crippen molar-refractivity contribution in [2.45, 2.75) is 26.4 Å². The van der Waals surface area contributed by atoms with E-state index in [4.69, 9.17) is 10.5 Å². The van der Waals surface area contributed by atoms with Crippen molar-refractivity contribution in [2.75, 3.05) is 18.9 Å². The Balaban J connectivity index is 1.71. The summed E-state index contributed by atoms with van der Waals surface area (Å²) < 4.78 is 5.79. The number of benzene rings is 2. The molecule has 0 spiro atoms. The summed E-state index contributed by atoms with van der Waals surface area (Å²) in [5.74, 6) is -0.0918. The molecule has 0 aliphatic rings. The number of hydrogen-bond acceptors (Lipinski definition) is 3. The van der Waals surface area contributed by atoms with Gasteiger partial charge in [0, 0.05) is 24.4 Å². The monoisotopic (exact) mass is 312 g/mol. The Bertz CT molecular complexity index is 641. The zero-order valence-corrected chi connectivity index (χ0v) is 13.7. The summed E-state index contributed by atoms with van der Waals surface area (Å²) in [4.78, 5) is 12.1. The van der Waals surface area contributed by atoms with Crippen molar-refractivity contribution in [3.05, 3.63) is 65.2 Å². The fourth-order valence-electron chi connectivity index (χ4n) is 2.33. The standard InChI is InChI=1S/C19H24N2O2/c1-14-9-10-17(20)13-18(14)19(22)21-11-6-12-23-15(2)16-7-4-3-5-8-16/h3-5,7-10,13,15H,6,11-12,20H2,1-2H3,(H,21,22). The normalized spacial score (nSPS) is 11.9. The van der Waals surface area contributed by atoms with Crippen molar-refractivity contribution in [1.82, 2.24) is 5.32 Å². The number of aryl methyl sites for hydroxylation is 1. The highest BCUT2D eigenvalue weighted by molar-refractivity contribution is 5.96. The van der Waals surface area contributed by atoms with Crippen molar-refractivity contribution >= 4 is 11.6 Å². The summed E-state index contributed by atoms with van der Waals surface area (Å²) in [5.41, 5.74) is 9.04. The number of rotatable bonds is 7. The molecule has 2 aromatic rings. The molecule has 2 rings (SSSR count). The second-order valence-corrected chi connectivity index (χ2v) is 5.61. The molecule has 0 fully saturated rings. The number of hydrogen-bond donors (Lipinski definition) is 2. The maximum absolute atomic E-state index is 12.1. The minimum Gasteiger partial charge on any atom is -0.399 e. The van der Waals surface area contributed by atoms with Crippen LogP contribution in [0.5, 0.6) is 0 Å². The topological polar surface area (TPSA) is 64.4 Å². The Hall–Kier alpha value is -2.33. The van der Waals surface area contributed by atoms with Crippen LogP contribution in [0.4, 0.5) is 5.69 Å². The zero-order chi connectivity index (χ0) is 16.7. The molecular formula is C19H24N2O2. The van der Waals surface area contributed by atoms with Crippen LogP contribution in [0.15, 0.2) is 48.5 Å². The van der Waals surface area contributed by atoms with E-state index in [9.17, 15) is 4.79 Å². The van der Waals surface area contributed by atoms with E-state index >= 15 is 0 Å². The van der Waals surface area contributed by atoms with Gasteiger partial charge in [-0.25, -0.2) is 0 Å². The zero-order valence-electron chi connectivity index (χ0n) is 13.7. The predicted molar refractivity (Wildman–Crippen MR) is 93.4 cm³/mol. The average molecular weight is 312 g/mol. The molecule has 2 aromatic carbocycles. The van der Waals surface area contributed by atoms with Crippen LogP contribution in [-0.4, -0.2) is 19.1 Å². The molecule has 4 heteroatoms. The number of carbonyl (C=O) groups is 1. The highest BCUT2D eigenvalue weighted by Crippen LogP contribution is 2.16. The third-order valence-electron chi connectivity index (χ3n) is 3.75. The minimum absolute atomic E-state index is 0.0584. The lowest BCUT2D eigenvalue weighted by atomic mass is 10.1. The van der Waals surface area contributed by atoms with Gasteiger partial charge >= 0.3 is 0 Å². The number of nitrogens with one attached hydrogen (secondary N) is 1. The van der Waals surface area contributed by atoms with Gasteiger partial charge in [-0.05, 0) is 43.5 Å². The first-order valence-electron chi connectivity index (χ1n) is 7.89. The summed E-state index contributed by atoms with van der Waals surface area (Å²) >= 11 is 0. The molecule has 0 radical (unpaired) electrons. The minimum atomic E-state index is -0.0918. The quantitative estimate of drug-likeness (QED) is 0.608. The van der Waals surface area contributed by atoms with E-state index in [-0.39, 0.29) is 12.0 Å². The molecule has 0 saturated heterocycles. The number of nitrogens with two attached hydrogens (primary N) is 1. The maximum atomic E-state index is 12.1. The van der Waals surface area contributed by atoms with Gasteiger partial charge in [-0.3, -0.25) is 4.79 Å². The third-order valence-corrected chi connectivity index (χ3v) is 3.75. The van der Waals surface area contributed by atoms with Crippen molar-refractivity contribution in [2.24, 2.45) is 0 Å². The first-order valence-corrected chi connectivity index (χ1v) is 7.89. The molecule has 23 heavy (non-hydrogen) atoms. The van der Waals surface area contributed by atoms with Gasteiger partial charge in [0.1, 0.15) is 0 Å². The maximum Gasteiger partial charge on any atom is 0.251 e. The molecule has 0 aliphatic heterocycles. The molecule has 122 valence electrons. The Morgan fingerprint density at radius 1 is 1.22 bits per heavy atom. The van der Waals surface area contributed by atoms with Gasteiger partial charge in [0.25, 0.3) is 5.91 Å². The van der Waals surface area contributed by atoms with E-state index < -0.39 is 0 Å². The molecule has 0 bridgehead atoms. The lowest BCUT2D eigenvalue weighted by Gasteiger charge is -2.13. The fourth-order valence-corrected chi connectivity index (χ4v) is 2.33. The highest BCUT2D eigenvalue weighted by Gasteiger charge is 2.09. The molecule has 0 aliphatic carbocycles. The van der Waals surface area contributed by atoms with Crippen molar-refractivity contribution in [3.8, 4) is 0 Å². The summed E-state index contributed by atoms with van der Waals surface area (Å²) in [7, 11) is 0. The van der Waals surface area contributed by atoms with E-state index in [1.54, 1.807) is 12.1 Å². The highest BCUT2D eigenvalue weighted by atomic mass is 16.5. The smallest absolute Gasteiger partial charge is 0.251 e. The van der Waals surface area contributed by atoms with Gasteiger partial charge in [0.15, 0.2) is 0 Å². The Morgan fingerprint density at radius 3 is 2.70 bits per heavy atom. The molecule has 0 saturated carbocycles. The van der Waals surface area contributed by atoms with E-state index in [1.807, 2.05) is 38.1 Å². The Kier molecular flexibility index (Phi) is 6.18. The second-order valence-electron chi connectivity index (χ2n) is 5.61. The summed E-state index contributed by atoms with van der Waals surface area (Å²) in [6.07, 6.45) is 0.827. The van der Waals surface area contributed by atoms with Crippen LogP contribution in [0.2, 0.25) is 0 Å². The SMILES string of the molecule is Cc1ccc(N)cc1C(=O)NCCCOC(C)c1ccccc1. The number of anilines is 1. The molecule has 3 N–H and O–H groups in total. The lowest BCUT2D eigenvalue weighted by molar-refractivity contribution is 0.0635. The number of carbonyl (C=O) groups excluding carboxylic acids is 1. The van der Waals surface area contributed by atoms with E-state index in [2.05, 4.69) is 17.4 Å². The molecule has 1 atom stereocenters. The fraction of sp³-hybridized carbons (Fsp3) is 0.316. The predicted octanol–water partition coefficient (Wildman–Crippen LogP) is 3.47. The van der Waals surface area contributed by atoms with Gasteiger partial charge in [0.2, 0.25) is 0 Å². The van der Waals surface area contributed by atoms with Crippen LogP contribution < -0.4 is 11.1 Å². The van der Waals surface area contributed by atoms with E-state index in [0.29, 0.717) is 24.4 Å². The van der Waals surface area contributed by atoms with Crippen molar-refractivity contribution in [3.63, 3.8) is 0 Å². The summed E-state index contributed by atoms with van der Waals surface area (Å²) in [6, 6.07) is 15.5. The molecule has 4 nitrogen and oxygen atoms in total. The summed E-state index contributed by atoms with van der Waals surface area (Å²) in [5, 5.41) is 2.91. The van der Waals surface area contributed by atoms with Crippen LogP contribution in [0.1, 0.15) is 40.9 Å². The van der Waals surface area contributed by atoms with Crippen LogP contribution >= 0.6 is 0 Å². The van der Waals surface area contributed by atoms with Gasteiger partial charge < -0.3 is 15.8 Å². The largest absolute Gasteiger partial charge is 0.399 e. The number of ether oxygens (including phenoxy) is 1. The molecule has 1 unspecified atom stereocenters. The molecule has 0 heterocycles. The Labute approximate surface area is 137 Å². The first kappa shape index (κ1) is 17.0. The molecule has 1 amide bonds. The Morgan fingerprint density at radius 2 is 1.96 bits per heavy atom. The van der Waals surface area contributed by atoms with Crippen molar-refractivity contribution < 1.29 is 9.53 Å². The first-order chi connectivity index (χ1) is 11.1. The van der Waals surface area contributed by atoms with Gasteiger partial charge in [-0.1, -0.05) is 36.4 Å². The average Bonchev–Trinajstić information content (AvgIpc) is 2.57. The number of amides is 1. The third kappa shape index (κ3) is 5.11. The van der Waals surface area contributed by atoms with Crippen LogP contribution in [0, 0.1) is 6.92 Å². The van der Waals surface area contributed by atoms with Crippen LogP contribution in [-0.2, 0) is 4.74 Å². The van der Waals surface area contributed by atoms with E-state index in [0.717, 1.165) is 17.5 Å². The van der Waals surface area contributed by atoms with E-state index in [1.165, 1.54) is 0 Å². The molecule has 0 aromatic heterocycles. The van der Waals surface area contributed by atoms with Gasteiger partial charge in [-0.15, -0.1) is 0 Å². The van der Waals surface area contributed by atoms with Crippen LogP contribution in [0.3, 0.4) is 0 Å². The van der Waals surface area contributed by atoms with Crippen LogP contribution in [0.25, 0.3) is 0 Å². The number of nitrogen functional groups attached to an aromatic ring is 1. The lowest BCUT2D eigenvalue weighted by Crippen LogP contribution is -2.26. The van der Waals surface area contributed by atoms with Gasteiger partial charge in [0.05, 0.1) is 6.10 Å². The van der Waals surface area contributed by atoms with Gasteiger partial charge in [-0.2, -0.15) is 0 Å². The van der Waals surface area contributed by atoms with Crippen molar-refractivity contribution in [1.29, 1.82) is 0 Å².